The van der Waals surface area contributed by atoms with Crippen molar-refractivity contribution in [3.8, 4) is 10.7 Å². The van der Waals surface area contributed by atoms with Gasteiger partial charge in [-0.15, -0.1) is 11.3 Å². The van der Waals surface area contributed by atoms with Crippen molar-refractivity contribution >= 4 is 34.5 Å². The van der Waals surface area contributed by atoms with Gasteiger partial charge in [0.15, 0.2) is 11.0 Å². The van der Waals surface area contributed by atoms with E-state index in [1.165, 1.54) is 11.3 Å². The number of H-pyrrole nitrogens is 1. The van der Waals surface area contributed by atoms with Gasteiger partial charge >= 0.3 is 0 Å². The molecule has 4 nitrogen and oxygen atoms in total. The first-order valence-electron chi connectivity index (χ1n) is 3.95. The molecule has 1 N–H and O–H groups in total. The molecule has 0 radical (unpaired) electrons. The predicted octanol–water partition coefficient (Wildman–Crippen LogP) is 2.51. The average Bonchev–Trinajstić information content (AvgIpc) is 2.60. The molecule has 0 unspecified atom stereocenters. The van der Waals surface area contributed by atoms with Gasteiger partial charge in [-0.2, -0.15) is 0 Å². The minimum atomic E-state index is -0.445. The van der Waals surface area contributed by atoms with E-state index in [4.69, 9.17) is 23.2 Å². The van der Waals surface area contributed by atoms with Crippen molar-refractivity contribution in [2.45, 2.75) is 6.92 Å². The van der Waals surface area contributed by atoms with E-state index in [1.54, 1.807) is 5.51 Å². The number of hydrogen-bond acceptors (Lipinski definition) is 4. The molecule has 2 aromatic rings. The SMILES string of the molecule is Cc1ncsc1-c1nc(Cl)c(Cl)c(=O)[nH]1. The Bertz CT molecular complexity index is 563. The number of halogens is 2. The molecule has 0 bridgehead atoms. The van der Waals surface area contributed by atoms with Gasteiger partial charge in [0.05, 0.1) is 16.1 Å². The van der Waals surface area contributed by atoms with E-state index in [-0.39, 0.29) is 10.2 Å². The lowest BCUT2D eigenvalue weighted by molar-refractivity contribution is 1.12. The molecule has 0 spiro atoms. The van der Waals surface area contributed by atoms with Gasteiger partial charge in [0, 0.05) is 0 Å². The van der Waals surface area contributed by atoms with E-state index in [9.17, 15) is 4.79 Å². The summed E-state index contributed by atoms with van der Waals surface area (Å²) < 4.78 is 0. The van der Waals surface area contributed by atoms with Crippen molar-refractivity contribution in [2.75, 3.05) is 0 Å². The van der Waals surface area contributed by atoms with Crippen molar-refractivity contribution in [2.24, 2.45) is 0 Å². The van der Waals surface area contributed by atoms with Crippen molar-refractivity contribution in [1.82, 2.24) is 15.0 Å². The normalized spacial score (nSPS) is 10.6. The van der Waals surface area contributed by atoms with Crippen molar-refractivity contribution < 1.29 is 0 Å². The Morgan fingerprint density at radius 3 is 2.73 bits per heavy atom. The summed E-state index contributed by atoms with van der Waals surface area (Å²) in [5, 5.41) is -0.0919. The smallest absolute Gasteiger partial charge is 0.271 e. The molecule has 2 aromatic heterocycles. The van der Waals surface area contributed by atoms with Crippen LogP contribution in [-0.2, 0) is 0 Å². The summed E-state index contributed by atoms with van der Waals surface area (Å²) in [7, 11) is 0. The second-order valence-corrected chi connectivity index (χ2v) is 4.38. The number of nitrogens with zero attached hydrogens (tertiary/aromatic N) is 2. The molecule has 0 aliphatic rings. The summed E-state index contributed by atoms with van der Waals surface area (Å²) >= 11 is 12.7. The highest BCUT2D eigenvalue weighted by atomic mass is 35.5. The van der Waals surface area contributed by atoms with Gasteiger partial charge < -0.3 is 4.98 Å². The second-order valence-electron chi connectivity index (χ2n) is 2.79. The van der Waals surface area contributed by atoms with E-state index in [1.807, 2.05) is 6.92 Å². The fourth-order valence-corrected chi connectivity index (χ4v) is 2.08. The Morgan fingerprint density at radius 2 is 2.20 bits per heavy atom. The van der Waals surface area contributed by atoms with Crippen LogP contribution in [0.5, 0.6) is 0 Å². The average molecular weight is 262 g/mol. The Kier molecular flexibility index (Phi) is 2.77. The van der Waals surface area contributed by atoms with Crippen molar-refractivity contribution in [3.63, 3.8) is 0 Å². The molecule has 0 aliphatic heterocycles. The molecule has 0 fully saturated rings. The van der Waals surface area contributed by atoms with Gasteiger partial charge in [0.1, 0.15) is 5.02 Å². The maximum absolute atomic E-state index is 11.3. The second kappa shape index (κ2) is 3.92. The van der Waals surface area contributed by atoms with Crippen LogP contribution in [0.3, 0.4) is 0 Å². The zero-order valence-corrected chi connectivity index (χ0v) is 9.87. The van der Waals surface area contributed by atoms with Gasteiger partial charge in [-0.05, 0) is 6.92 Å². The molecular weight excluding hydrogens is 257 g/mol. The molecule has 2 rings (SSSR count). The van der Waals surface area contributed by atoms with Crippen LogP contribution < -0.4 is 5.56 Å². The lowest BCUT2D eigenvalue weighted by Crippen LogP contribution is -2.09. The van der Waals surface area contributed by atoms with Gasteiger partial charge in [0.25, 0.3) is 5.56 Å². The third-order valence-corrected chi connectivity index (χ3v) is 3.44. The molecule has 2 heterocycles. The molecule has 0 aliphatic carbocycles. The van der Waals surface area contributed by atoms with Crippen LogP contribution in [-0.4, -0.2) is 15.0 Å². The lowest BCUT2D eigenvalue weighted by Gasteiger charge is -1.99. The zero-order chi connectivity index (χ0) is 11.0. The van der Waals surface area contributed by atoms with Crippen LogP contribution in [0, 0.1) is 6.92 Å². The van der Waals surface area contributed by atoms with E-state index < -0.39 is 5.56 Å². The highest BCUT2D eigenvalue weighted by Gasteiger charge is 2.11. The highest BCUT2D eigenvalue weighted by Crippen LogP contribution is 2.25. The molecule has 7 heteroatoms. The molecule has 15 heavy (non-hydrogen) atoms. The highest BCUT2D eigenvalue weighted by molar-refractivity contribution is 7.13. The molecule has 0 saturated carbocycles. The monoisotopic (exact) mass is 261 g/mol. The molecule has 78 valence electrons. The van der Waals surface area contributed by atoms with Gasteiger partial charge in [0.2, 0.25) is 0 Å². The fraction of sp³-hybridized carbons (Fsp3) is 0.125. The Morgan fingerprint density at radius 1 is 1.47 bits per heavy atom. The number of rotatable bonds is 1. The third-order valence-electron chi connectivity index (χ3n) is 1.78. The van der Waals surface area contributed by atoms with E-state index in [2.05, 4.69) is 15.0 Å². The van der Waals surface area contributed by atoms with Crippen LogP contribution in [0.1, 0.15) is 5.69 Å². The Hall–Kier alpha value is -0.910. The predicted molar refractivity (Wildman–Crippen MR) is 60.7 cm³/mol. The molecular formula is C8H5Cl2N3OS. The molecule has 0 aromatic carbocycles. The molecule has 0 saturated heterocycles. The zero-order valence-electron chi connectivity index (χ0n) is 7.54. The Labute approximate surface area is 98.9 Å². The first-order chi connectivity index (χ1) is 7.09. The Balaban J connectivity index is 2.66. The third kappa shape index (κ3) is 1.90. The van der Waals surface area contributed by atoms with Crippen LogP contribution in [0.4, 0.5) is 0 Å². The lowest BCUT2D eigenvalue weighted by atomic mass is 10.4. The van der Waals surface area contributed by atoms with Crippen molar-refractivity contribution in [3.05, 3.63) is 31.7 Å². The topological polar surface area (TPSA) is 58.6 Å². The maximum Gasteiger partial charge on any atom is 0.271 e. The molecule has 0 atom stereocenters. The summed E-state index contributed by atoms with van der Waals surface area (Å²) in [6, 6.07) is 0. The van der Waals surface area contributed by atoms with E-state index in [0.29, 0.717) is 5.82 Å². The quantitative estimate of drug-likeness (QED) is 0.803. The number of hydrogen-bond donors (Lipinski definition) is 1. The number of nitrogens with one attached hydrogen (secondary N) is 1. The first-order valence-corrected chi connectivity index (χ1v) is 5.59. The first kappa shape index (κ1) is 10.6. The number of aromatic amines is 1. The van der Waals surface area contributed by atoms with E-state index in [0.717, 1.165) is 10.6 Å². The standard InChI is InChI=1S/C8H5Cl2N3OS/c1-3-5(15-2-11-3)7-12-6(10)4(9)8(14)13-7/h2H,1H3,(H,12,13,14). The van der Waals surface area contributed by atoms with Crippen molar-refractivity contribution in [1.29, 1.82) is 0 Å². The number of aromatic nitrogens is 3. The minimum absolute atomic E-state index is 0.00298. The largest absolute Gasteiger partial charge is 0.304 e. The summed E-state index contributed by atoms with van der Waals surface area (Å²) in [5.41, 5.74) is 2.02. The van der Waals surface area contributed by atoms with Gasteiger partial charge in [-0.1, -0.05) is 23.2 Å². The number of aryl methyl sites for hydroxylation is 1. The summed E-state index contributed by atoms with van der Waals surface area (Å²) in [6.45, 7) is 1.83. The van der Waals surface area contributed by atoms with Gasteiger partial charge in [-0.3, -0.25) is 4.79 Å². The van der Waals surface area contributed by atoms with Crippen LogP contribution in [0.25, 0.3) is 10.7 Å². The maximum atomic E-state index is 11.3. The van der Waals surface area contributed by atoms with Crippen LogP contribution in [0.15, 0.2) is 10.3 Å². The number of thiazole rings is 1. The molecule has 0 amide bonds. The van der Waals surface area contributed by atoms with Gasteiger partial charge in [-0.25, -0.2) is 9.97 Å². The summed E-state index contributed by atoms with van der Waals surface area (Å²) in [5.74, 6) is 0.398. The summed E-state index contributed by atoms with van der Waals surface area (Å²) in [6.07, 6.45) is 0. The fourth-order valence-electron chi connectivity index (χ4n) is 1.07. The van der Waals surface area contributed by atoms with Crippen LogP contribution in [0.2, 0.25) is 10.2 Å². The van der Waals surface area contributed by atoms with E-state index >= 15 is 0 Å². The van der Waals surface area contributed by atoms with Crippen LogP contribution >= 0.6 is 34.5 Å². The summed E-state index contributed by atoms with van der Waals surface area (Å²) in [4.78, 5) is 22.7. The minimum Gasteiger partial charge on any atom is -0.304 e.